The Balaban J connectivity index is 0.936. The molecule has 0 aromatic heterocycles. The minimum atomic E-state index is -0.675. The van der Waals surface area contributed by atoms with Crippen molar-refractivity contribution >= 4 is 23.4 Å². The molecule has 1 atom stereocenters. The Labute approximate surface area is 226 Å². The van der Waals surface area contributed by atoms with Crippen molar-refractivity contribution in [2.45, 2.75) is 63.8 Å². The predicted molar refractivity (Wildman–Crippen MR) is 145 cm³/mol. The first kappa shape index (κ1) is 25.7. The van der Waals surface area contributed by atoms with E-state index in [1.807, 2.05) is 18.2 Å². The Morgan fingerprint density at radius 1 is 0.947 bits per heavy atom. The summed E-state index contributed by atoms with van der Waals surface area (Å²) in [6, 6.07) is 7.48. The molecule has 1 N–H and O–H groups in total. The van der Waals surface area contributed by atoms with Gasteiger partial charge in [-0.2, -0.15) is 0 Å². The number of ether oxygens (including phenoxy) is 1. The molecule has 38 heavy (non-hydrogen) atoms. The first-order valence-electron chi connectivity index (χ1n) is 14.7. The van der Waals surface area contributed by atoms with Crippen molar-refractivity contribution in [2.24, 2.45) is 23.2 Å². The summed E-state index contributed by atoms with van der Waals surface area (Å²) in [6.45, 7) is 5.28. The molecule has 8 nitrogen and oxygen atoms in total. The van der Waals surface area contributed by atoms with Gasteiger partial charge >= 0.3 is 0 Å². The van der Waals surface area contributed by atoms with E-state index >= 15 is 0 Å². The van der Waals surface area contributed by atoms with Gasteiger partial charge in [0.15, 0.2) is 0 Å². The summed E-state index contributed by atoms with van der Waals surface area (Å²) in [7, 11) is 1.71. The largest absolute Gasteiger partial charge is 0.495 e. The van der Waals surface area contributed by atoms with Gasteiger partial charge in [-0.15, -0.1) is 0 Å². The van der Waals surface area contributed by atoms with Gasteiger partial charge in [0.05, 0.1) is 19.2 Å². The maximum absolute atomic E-state index is 13.4. The van der Waals surface area contributed by atoms with E-state index in [4.69, 9.17) is 4.74 Å². The van der Waals surface area contributed by atoms with Crippen LogP contribution in [-0.2, 0) is 14.4 Å². The zero-order chi connectivity index (χ0) is 26.3. The number of para-hydroxylation sites is 2. The van der Waals surface area contributed by atoms with Crippen LogP contribution in [0.1, 0.15) is 57.8 Å². The topological polar surface area (TPSA) is 82.2 Å². The second kappa shape index (κ2) is 10.5. The summed E-state index contributed by atoms with van der Waals surface area (Å²) in [5.74, 6) is 2.62. The van der Waals surface area contributed by atoms with Gasteiger partial charge < -0.3 is 15.0 Å². The minimum absolute atomic E-state index is 0.0388. The van der Waals surface area contributed by atoms with E-state index in [2.05, 4.69) is 21.2 Å². The number of amides is 3. The van der Waals surface area contributed by atoms with Crippen LogP contribution in [0.2, 0.25) is 0 Å². The van der Waals surface area contributed by atoms with E-state index in [1.165, 1.54) is 24.2 Å². The fourth-order valence-electron chi connectivity index (χ4n) is 8.44. The number of carbonyl (C=O) groups is 3. The molecule has 4 bridgehead atoms. The molecule has 206 valence electrons. The lowest BCUT2D eigenvalue weighted by molar-refractivity contribution is -0.149. The SMILES string of the molecule is COc1ccccc1N1CCN(CCCCN2C(=O)C[C@H](NC(=O)C34CC5CC(CC(C5)C3)C4)C2=O)CC1. The average molecular weight is 523 g/mol. The molecule has 1 aromatic carbocycles. The number of anilines is 1. The third kappa shape index (κ3) is 4.92. The van der Waals surface area contributed by atoms with Gasteiger partial charge in [-0.3, -0.25) is 24.2 Å². The van der Waals surface area contributed by atoms with Gasteiger partial charge in [-0.05, 0) is 87.8 Å². The molecule has 4 saturated carbocycles. The lowest BCUT2D eigenvalue weighted by Gasteiger charge is -2.55. The van der Waals surface area contributed by atoms with Gasteiger partial charge in [-0.25, -0.2) is 0 Å². The Hall–Kier alpha value is -2.61. The van der Waals surface area contributed by atoms with Crippen molar-refractivity contribution in [1.29, 1.82) is 0 Å². The van der Waals surface area contributed by atoms with Crippen molar-refractivity contribution < 1.29 is 19.1 Å². The number of imide groups is 1. The van der Waals surface area contributed by atoms with E-state index in [0.717, 1.165) is 76.3 Å². The van der Waals surface area contributed by atoms with Gasteiger partial charge in [0.2, 0.25) is 11.8 Å². The lowest BCUT2D eigenvalue weighted by Crippen LogP contribution is -2.56. The van der Waals surface area contributed by atoms with Crippen LogP contribution in [0.5, 0.6) is 5.75 Å². The van der Waals surface area contributed by atoms with Gasteiger partial charge in [0.1, 0.15) is 11.8 Å². The number of methoxy groups -OCH3 is 1. The number of nitrogens with one attached hydrogen (secondary N) is 1. The number of likely N-dealkylation sites (tertiary alicyclic amines) is 1. The van der Waals surface area contributed by atoms with Gasteiger partial charge in [0, 0.05) is 38.1 Å². The maximum atomic E-state index is 13.4. The van der Waals surface area contributed by atoms with Crippen LogP contribution < -0.4 is 15.0 Å². The smallest absolute Gasteiger partial charge is 0.252 e. The van der Waals surface area contributed by atoms with Crippen molar-refractivity contribution in [1.82, 2.24) is 15.1 Å². The normalized spacial score (nSPS) is 32.8. The van der Waals surface area contributed by atoms with Gasteiger partial charge in [0.25, 0.3) is 5.91 Å². The van der Waals surface area contributed by atoms with Gasteiger partial charge in [-0.1, -0.05) is 12.1 Å². The van der Waals surface area contributed by atoms with E-state index in [9.17, 15) is 14.4 Å². The number of hydrogen-bond donors (Lipinski definition) is 1. The molecular weight excluding hydrogens is 480 g/mol. The van der Waals surface area contributed by atoms with Crippen molar-refractivity contribution in [3.63, 3.8) is 0 Å². The van der Waals surface area contributed by atoms with E-state index in [0.29, 0.717) is 24.3 Å². The molecule has 6 fully saturated rings. The highest BCUT2D eigenvalue weighted by Crippen LogP contribution is 2.60. The van der Waals surface area contributed by atoms with Crippen LogP contribution >= 0.6 is 0 Å². The molecule has 2 saturated heterocycles. The van der Waals surface area contributed by atoms with Crippen LogP contribution in [-0.4, -0.2) is 79.9 Å². The quantitative estimate of drug-likeness (QED) is 0.397. The predicted octanol–water partition coefficient (Wildman–Crippen LogP) is 3.06. The fourth-order valence-corrected chi connectivity index (χ4v) is 8.44. The molecular formula is C30H42N4O4. The molecule has 1 aromatic rings. The molecule has 0 radical (unpaired) electrons. The second-order valence-electron chi connectivity index (χ2n) is 12.5. The average Bonchev–Trinajstić information content (AvgIpc) is 3.18. The summed E-state index contributed by atoms with van der Waals surface area (Å²) < 4.78 is 5.52. The molecule has 2 aliphatic heterocycles. The monoisotopic (exact) mass is 522 g/mol. The third-order valence-electron chi connectivity index (χ3n) is 9.97. The highest BCUT2D eigenvalue weighted by molar-refractivity contribution is 6.07. The zero-order valence-corrected chi connectivity index (χ0v) is 22.7. The Morgan fingerprint density at radius 3 is 2.24 bits per heavy atom. The fraction of sp³-hybridized carbons (Fsp3) is 0.700. The highest BCUT2D eigenvalue weighted by atomic mass is 16.5. The molecule has 8 heteroatoms. The van der Waals surface area contributed by atoms with E-state index in [1.54, 1.807) is 7.11 Å². The zero-order valence-electron chi connectivity index (χ0n) is 22.7. The van der Waals surface area contributed by atoms with Crippen LogP contribution in [0, 0.1) is 23.2 Å². The number of unbranched alkanes of at least 4 members (excludes halogenated alkanes) is 1. The number of nitrogens with zero attached hydrogens (tertiary/aromatic N) is 3. The molecule has 6 aliphatic rings. The number of carbonyl (C=O) groups excluding carboxylic acids is 3. The molecule has 7 rings (SSSR count). The highest BCUT2D eigenvalue weighted by Gasteiger charge is 2.55. The van der Waals surface area contributed by atoms with Crippen LogP contribution in [0.25, 0.3) is 0 Å². The third-order valence-corrected chi connectivity index (χ3v) is 9.97. The molecule has 3 amide bonds. The Bertz CT molecular complexity index is 1030. The number of hydrogen-bond acceptors (Lipinski definition) is 6. The minimum Gasteiger partial charge on any atom is -0.495 e. The Morgan fingerprint density at radius 2 is 1.58 bits per heavy atom. The molecule has 0 spiro atoms. The van der Waals surface area contributed by atoms with Crippen LogP contribution in [0.4, 0.5) is 5.69 Å². The summed E-state index contributed by atoms with van der Waals surface area (Å²) >= 11 is 0. The Kier molecular flexibility index (Phi) is 7.10. The lowest BCUT2D eigenvalue weighted by atomic mass is 9.49. The van der Waals surface area contributed by atoms with Crippen LogP contribution in [0.15, 0.2) is 24.3 Å². The molecule has 2 heterocycles. The molecule has 0 unspecified atom stereocenters. The van der Waals surface area contributed by atoms with Crippen molar-refractivity contribution in [2.75, 3.05) is 51.3 Å². The van der Waals surface area contributed by atoms with Crippen LogP contribution in [0.3, 0.4) is 0 Å². The first-order valence-corrected chi connectivity index (χ1v) is 14.7. The number of piperazine rings is 1. The van der Waals surface area contributed by atoms with Crippen molar-refractivity contribution in [3.05, 3.63) is 24.3 Å². The van der Waals surface area contributed by atoms with E-state index < -0.39 is 6.04 Å². The summed E-state index contributed by atoms with van der Waals surface area (Å²) in [5.41, 5.74) is 0.854. The number of rotatable bonds is 9. The summed E-state index contributed by atoms with van der Waals surface area (Å²) in [6.07, 6.45) is 8.58. The standard InChI is InChI=1S/C30H42N4O4/c1-38-26-7-3-2-6-25(26)33-12-10-32(11-13-33)8-4-5-9-34-27(35)17-24(28(34)36)31-29(37)30-18-21-14-22(19-30)16-23(15-21)20-30/h2-3,6-7,21-24H,4-5,8-20H2,1H3,(H,31,37)/t21?,22?,23?,24-,30?/m0/s1. The van der Waals surface area contributed by atoms with E-state index in [-0.39, 0.29) is 29.6 Å². The second-order valence-corrected chi connectivity index (χ2v) is 12.5. The summed E-state index contributed by atoms with van der Waals surface area (Å²) in [4.78, 5) is 45.3. The number of benzene rings is 1. The maximum Gasteiger partial charge on any atom is 0.252 e. The summed E-state index contributed by atoms with van der Waals surface area (Å²) in [5, 5.41) is 3.04. The molecule has 4 aliphatic carbocycles. The van der Waals surface area contributed by atoms with Crippen molar-refractivity contribution in [3.8, 4) is 5.75 Å². The first-order chi connectivity index (χ1) is 18.4.